The van der Waals surface area contributed by atoms with Crippen molar-refractivity contribution in [3.8, 4) is 0 Å². The fourth-order valence-electron chi connectivity index (χ4n) is 2.55. The number of morpholine rings is 1. The summed E-state index contributed by atoms with van der Waals surface area (Å²) in [6, 6.07) is 3.39. The molecule has 0 bridgehead atoms. The molecule has 124 valence electrons. The Morgan fingerprint density at radius 2 is 2.13 bits per heavy atom. The van der Waals surface area contributed by atoms with Gasteiger partial charge in [-0.3, -0.25) is 15.0 Å². The summed E-state index contributed by atoms with van der Waals surface area (Å²) in [5.41, 5.74) is 1.37. The van der Waals surface area contributed by atoms with Gasteiger partial charge in [0.25, 0.3) is 5.69 Å². The minimum atomic E-state index is -0.354. The van der Waals surface area contributed by atoms with Crippen LogP contribution in [0.25, 0.3) is 10.9 Å². The topological polar surface area (TPSA) is 85.5 Å². The lowest BCUT2D eigenvalue weighted by molar-refractivity contribution is -0.383. The third-order valence-corrected chi connectivity index (χ3v) is 5.29. The smallest absolute Gasteiger partial charge is 0.294 e. The van der Waals surface area contributed by atoms with Crippen molar-refractivity contribution < 1.29 is 9.66 Å². The summed E-state index contributed by atoms with van der Waals surface area (Å²) in [6.45, 7) is 4.80. The Morgan fingerprint density at radius 3 is 2.83 bits per heavy atom. The normalized spacial score (nSPS) is 15.9. The molecule has 1 aromatic heterocycles. The van der Waals surface area contributed by atoms with Crippen LogP contribution in [0.1, 0.15) is 0 Å². The van der Waals surface area contributed by atoms with Gasteiger partial charge in [-0.05, 0) is 28.7 Å². The summed E-state index contributed by atoms with van der Waals surface area (Å²) in [6.07, 6.45) is 0. The van der Waals surface area contributed by atoms with Gasteiger partial charge in [0, 0.05) is 37.6 Å². The minimum Gasteiger partial charge on any atom is -0.379 e. The van der Waals surface area contributed by atoms with E-state index in [-0.39, 0.29) is 10.6 Å². The lowest BCUT2D eigenvalue weighted by Gasteiger charge is -2.26. The van der Waals surface area contributed by atoms with Gasteiger partial charge >= 0.3 is 0 Å². The second-order valence-electron chi connectivity index (χ2n) is 5.18. The van der Waals surface area contributed by atoms with Crippen LogP contribution in [0.5, 0.6) is 0 Å². The zero-order chi connectivity index (χ0) is 16.4. The SMILES string of the molecule is O=[N+]([O-])c1cc2c(cc1NCCN1CCOCC1)c(I)nn2I. The molecule has 3 rings (SSSR count). The van der Waals surface area contributed by atoms with Crippen molar-refractivity contribution in [2.45, 2.75) is 0 Å². The van der Waals surface area contributed by atoms with Crippen LogP contribution in [0.3, 0.4) is 0 Å². The van der Waals surface area contributed by atoms with Crippen LogP contribution in [0.15, 0.2) is 12.1 Å². The Balaban J connectivity index is 1.79. The number of nitrogens with one attached hydrogen (secondary N) is 1. The maximum absolute atomic E-state index is 11.4. The van der Waals surface area contributed by atoms with E-state index in [1.54, 1.807) is 8.96 Å². The zero-order valence-electron chi connectivity index (χ0n) is 12.2. The van der Waals surface area contributed by atoms with Crippen LogP contribution in [0, 0.1) is 13.8 Å². The van der Waals surface area contributed by atoms with Crippen LogP contribution in [0.2, 0.25) is 0 Å². The number of halogens is 2. The van der Waals surface area contributed by atoms with E-state index in [0.29, 0.717) is 12.2 Å². The number of hydrogen-bond donors (Lipinski definition) is 1. The zero-order valence-corrected chi connectivity index (χ0v) is 16.5. The van der Waals surface area contributed by atoms with Gasteiger partial charge < -0.3 is 10.1 Å². The largest absolute Gasteiger partial charge is 0.379 e. The van der Waals surface area contributed by atoms with Gasteiger partial charge in [0.05, 0.1) is 46.5 Å². The molecule has 0 atom stereocenters. The van der Waals surface area contributed by atoms with Gasteiger partial charge in [-0.15, -0.1) is 0 Å². The second kappa shape index (κ2) is 7.44. The molecular weight excluding hydrogens is 528 g/mol. The van der Waals surface area contributed by atoms with Crippen molar-refractivity contribution in [3.05, 3.63) is 25.9 Å². The van der Waals surface area contributed by atoms with Crippen molar-refractivity contribution in [1.29, 1.82) is 0 Å². The van der Waals surface area contributed by atoms with Crippen LogP contribution >= 0.6 is 45.5 Å². The molecule has 23 heavy (non-hydrogen) atoms. The van der Waals surface area contributed by atoms with E-state index in [1.807, 2.05) is 28.9 Å². The highest BCUT2D eigenvalue weighted by Crippen LogP contribution is 2.33. The average Bonchev–Trinajstić information content (AvgIpc) is 2.81. The van der Waals surface area contributed by atoms with Gasteiger partial charge in [0.15, 0.2) is 0 Å². The van der Waals surface area contributed by atoms with Crippen molar-refractivity contribution in [2.75, 3.05) is 44.7 Å². The quantitative estimate of drug-likeness (QED) is 0.355. The molecule has 0 aliphatic carbocycles. The van der Waals surface area contributed by atoms with Crippen LogP contribution in [-0.4, -0.2) is 57.2 Å². The van der Waals surface area contributed by atoms with Crippen molar-refractivity contribution >= 4 is 67.7 Å². The monoisotopic (exact) mass is 543 g/mol. The summed E-state index contributed by atoms with van der Waals surface area (Å²) in [5.74, 6) is 0. The Morgan fingerprint density at radius 1 is 1.39 bits per heavy atom. The van der Waals surface area contributed by atoms with E-state index in [1.165, 1.54) is 0 Å². The Kier molecular flexibility index (Phi) is 5.53. The number of hydrogen-bond acceptors (Lipinski definition) is 6. The van der Waals surface area contributed by atoms with E-state index in [9.17, 15) is 10.1 Å². The third kappa shape index (κ3) is 3.85. The number of nitro groups is 1. The second-order valence-corrected chi connectivity index (χ2v) is 7.11. The summed E-state index contributed by atoms with van der Waals surface area (Å²) >= 11 is 4.17. The standard InChI is InChI=1S/C13H15I2N5O3/c14-13-9-7-10(16-1-2-18-3-5-23-6-4-18)12(20(21)22)8-11(9)19(15)17-13/h7-8,16H,1-6H2. The van der Waals surface area contributed by atoms with E-state index in [2.05, 4.69) is 37.9 Å². The van der Waals surface area contributed by atoms with Crippen molar-refractivity contribution in [1.82, 2.24) is 12.9 Å². The fraction of sp³-hybridized carbons (Fsp3) is 0.462. The molecule has 1 aromatic carbocycles. The van der Waals surface area contributed by atoms with E-state index >= 15 is 0 Å². The van der Waals surface area contributed by atoms with E-state index in [0.717, 1.165) is 47.5 Å². The summed E-state index contributed by atoms with van der Waals surface area (Å²) in [4.78, 5) is 13.3. The number of anilines is 1. The van der Waals surface area contributed by atoms with Crippen LogP contribution in [-0.2, 0) is 4.74 Å². The molecule has 1 fully saturated rings. The number of nitrogens with zero attached hydrogens (tertiary/aromatic N) is 4. The Bertz CT molecular complexity index is 730. The maximum atomic E-state index is 11.4. The summed E-state index contributed by atoms with van der Waals surface area (Å²) in [5, 5.41) is 19.8. The molecule has 8 nitrogen and oxygen atoms in total. The molecular formula is C13H15I2N5O3. The Labute approximate surface area is 160 Å². The summed E-state index contributed by atoms with van der Waals surface area (Å²) < 4.78 is 7.79. The molecule has 2 aromatic rings. The van der Waals surface area contributed by atoms with Crippen LogP contribution in [0.4, 0.5) is 11.4 Å². The molecule has 1 N–H and O–H groups in total. The number of fused-ring (bicyclic) bond motifs is 1. The predicted octanol–water partition coefficient (Wildman–Crippen LogP) is 2.49. The lowest BCUT2D eigenvalue weighted by atomic mass is 10.2. The molecule has 0 radical (unpaired) electrons. The van der Waals surface area contributed by atoms with Gasteiger partial charge in [0.1, 0.15) is 9.39 Å². The van der Waals surface area contributed by atoms with E-state index in [4.69, 9.17) is 4.74 Å². The van der Waals surface area contributed by atoms with Gasteiger partial charge in [-0.2, -0.15) is 5.10 Å². The van der Waals surface area contributed by atoms with Crippen LogP contribution < -0.4 is 5.32 Å². The molecule has 0 spiro atoms. The molecule has 10 heteroatoms. The number of aromatic nitrogens is 2. The van der Waals surface area contributed by atoms with Crippen molar-refractivity contribution in [2.24, 2.45) is 0 Å². The fourth-order valence-corrected chi connectivity index (χ4v) is 4.22. The van der Waals surface area contributed by atoms with E-state index < -0.39 is 0 Å². The van der Waals surface area contributed by atoms with Gasteiger partial charge in [0.2, 0.25) is 0 Å². The minimum absolute atomic E-state index is 0.0775. The van der Waals surface area contributed by atoms with Gasteiger partial charge in [-0.1, -0.05) is 0 Å². The number of ether oxygens (including phenoxy) is 1. The molecule has 0 saturated carbocycles. The first-order valence-electron chi connectivity index (χ1n) is 7.13. The highest BCUT2D eigenvalue weighted by molar-refractivity contribution is 14.1. The third-order valence-electron chi connectivity index (χ3n) is 3.75. The van der Waals surface area contributed by atoms with Gasteiger partial charge in [-0.25, -0.2) is 2.90 Å². The molecule has 1 aliphatic heterocycles. The first kappa shape index (κ1) is 17.1. The first-order chi connectivity index (χ1) is 11.1. The molecule has 2 heterocycles. The number of rotatable bonds is 5. The number of benzene rings is 1. The molecule has 0 amide bonds. The highest BCUT2D eigenvalue weighted by atomic mass is 127. The summed E-state index contributed by atoms with van der Waals surface area (Å²) in [7, 11) is 0. The maximum Gasteiger partial charge on any atom is 0.294 e. The highest BCUT2D eigenvalue weighted by Gasteiger charge is 2.19. The molecule has 1 saturated heterocycles. The Hall–Kier alpha value is -0.730. The first-order valence-corrected chi connectivity index (χ1v) is 9.17. The lowest BCUT2D eigenvalue weighted by Crippen LogP contribution is -2.39. The predicted molar refractivity (Wildman–Crippen MR) is 104 cm³/mol. The van der Waals surface area contributed by atoms with Crippen molar-refractivity contribution in [3.63, 3.8) is 0 Å². The average molecular weight is 543 g/mol. The molecule has 1 aliphatic rings. The molecule has 0 unspecified atom stereocenters. The number of nitro benzene ring substituents is 1.